The Morgan fingerprint density at radius 1 is 1.64 bits per heavy atom. The van der Waals surface area contributed by atoms with Crippen molar-refractivity contribution in [3.05, 3.63) is 21.9 Å². The molecule has 1 aromatic rings. The lowest BCUT2D eigenvalue weighted by Gasteiger charge is -2.08. The number of carbonyl (C=O) groups is 1. The zero-order valence-corrected chi connectivity index (χ0v) is 8.63. The lowest BCUT2D eigenvalue weighted by Crippen LogP contribution is -2.00. The van der Waals surface area contributed by atoms with E-state index in [9.17, 15) is 14.3 Å². The molecular weight excluding hydrogens is 259 g/mol. The Bertz CT molecular complexity index is 391. The van der Waals surface area contributed by atoms with E-state index in [4.69, 9.17) is 5.11 Å². The van der Waals surface area contributed by atoms with Crippen molar-refractivity contribution in [2.75, 3.05) is 7.11 Å². The van der Waals surface area contributed by atoms with Gasteiger partial charge in [-0.3, -0.25) is 0 Å². The SMILES string of the molecule is COc1c(O)c(C(=O)O)cc(Br)c1F. The van der Waals surface area contributed by atoms with Crippen molar-refractivity contribution in [1.29, 1.82) is 0 Å². The van der Waals surface area contributed by atoms with Gasteiger partial charge < -0.3 is 14.9 Å². The minimum atomic E-state index is -1.36. The molecule has 0 aliphatic rings. The number of phenols is 1. The number of carboxylic acids is 1. The number of carboxylic acid groups (broad SMARTS) is 1. The Hall–Kier alpha value is -1.30. The van der Waals surface area contributed by atoms with Crippen LogP contribution in [0.25, 0.3) is 0 Å². The van der Waals surface area contributed by atoms with Gasteiger partial charge in [0, 0.05) is 0 Å². The van der Waals surface area contributed by atoms with Crippen molar-refractivity contribution in [1.82, 2.24) is 0 Å². The van der Waals surface area contributed by atoms with Crippen LogP contribution in [0.4, 0.5) is 4.39 Å². The molecule has 1 aromatic carbocycles. The molecule has 6 heteroatoms. The topological polar surface area (TPSA) is 66.8 Å². The van der Waals surface area contributed by atoms with Gasteiger partial charge in [-0.1, -0.05) is 0 Å². The second-order valence-electron chi connectivity index (χ2n) is 2.41. The summed E-state index contributed by atoms with van der Waals surface area (Å²) in [5.74, 6) is -3.41. The van der Waals surface area contributed by atoms with Crippen LogP contribution in [-0.2, 0) is 0 Å². The highest BCUT2D eigenvalue weighted by atomic mass is 79.9. The Kier molecular flexibility index (Phi) is 2.95. The zero-order valence-electron chi connectivity index (χ0n) is 7.04. The number of halogens is 2. The first-order valence-corrected chi connectivity index (χ1v) is 4.26. The first-order valence-electron chi connectivity index (χ1n) is 3.47. The molecule has 0 radical (unpaired) electrons. The van der Waals surface area contributed by atoms with Gasteiger partial charge in [-0.15, -0.1) is 0 Å². The fraction of sp³-hybridized carbons (Fsp3) is 0.125. The molecule has 0 amide bonds. The Morgan fingerprint density at radius 3 is 2.64 bits per heavy atom. The maximum atomic E-state index is 13.2. The quantitative estimate of drug-likeness (QED) is 0.858. The van der Waals surface area contributed by atoms with Gasteiger partial charge in [0.15, 0.2) is 17.3 Å². The fourth-order valence-corrected chi connectivity index (χ4v) is 1.35. The molecule has 1 rings (SSSR count). The predicted octanol–water partition coefficient (Wildman–Crippen LogP) is 2.00. The van der Waals surface area contributed by atoms with Gasteiger partial charge in [0.2, 0.25) is 0 Å². The van der Waals surface area contributed by atoms with E-state index < -0.39 is 28.8 Å². The van der Waals surface area contributed by atoms with Gasteiger partial charge in [0.1, 0.15) is 5.56 Å². The standard InChI is InChI=1S/C8H6BrFO4/c1-14-7-5(10)4(9)2-3(6(7)11)8(12)13/h2,11H,1H3,(H,12,13). The molecule has 0 heterocycles. The number of hydrogen-bond acceptors (Lipinski definition) is 3. The third kappa shape index (κ3) is 1.65. The van der Waals surface area contributed by atoms with Crippen molar-refractivity contribution >= 4 is 21.9 Å². The molecule has 0 saturated carbocycles. The van der Waals surface area contributed by atoms with Crippen molar-refractivity contribution in [3.63, 3.8) is 0 Å². The van der Waals surface area contributed by atoms with Gasteiger partial charge in [0.05, 0.1) is 11.6 Å². The average molecular weight is 265 g/mol. The van der Waals surface area contributed by atoms with Gasteiger partial charge >= 0.3 is 5.97 Å². The van der Waals surface area contributed by atoms with Crippen LogP contribution in [0.1, 0.15) is 10.4 Å². The third-order valence-electron chi connectivity index (χ3n) is 1.58. The second-order valence-corrected chi connectivity index (χ2v) is 3.26. The van der Waals surface area contributed by atoms with Crippen molar-refractivity contribution < 1.29 is 24.1 Å². The molecule has 0 spiro atoms. The van der Waals surface area contributed by atoms with Gasteiger partial charge in [-0.05, 0) is 22.0 Å². The first kappa shape index (κ1) is 10.8. The molecule has 0 aliphatic carbocycles. The zero-order chi connectivity index (χ0) is 10.9. The molecule has 0 unspecified atom stereocenters. The Labute approximate surface area is 87.1 Å². The molecule has 0 bridgehead atoms. The molecule has 4 nitrogen and oxygen atoms in total. The summed E-state index contributed by atoms with van der Waals surface area (Å²) in [5, 5.41) is 17.9. The van der Waals surface area contributed by atoms with Crippen molar-refractivity contribution in [2.45, 2.75) is 0 Å². The molecule has 0 saturated heterocycles. The number of aromatic carboxylic acids is 1. The number of hydrogen-bond donors (Lipinski definition) is 2. The van der Waals surface area contributed by atoms with E-state index in [1.165, 1.54) is 0 Å². The van der Waals surface area contributed by atoms with Crippen LogP contribution >= 0.6 is 15.9 Å². The van der Waals surface area contributed by atoms with E-state index in [1.807, 2.05) is 0 Å². The van der Waals surface area contributed by atoms with Crippen LogP contribution in [0.5, 0.6) is 11.5 Å². The van der Waals surface area contributed by atoms with Gasteiger partial charge in [-0.2, -0.15) is 0 Å². The largest absolute Gasteiger partial charge is 0.504 e. The summed E-state index contributed by atoms with van der Waals surface area (Å²) in [6.07, 6.45) is 0. The summed E-state index contributed by atoms with van der Waals surface area (Å²) in [6.45, 7) is 0. The van der Waals surface area contributed by atoms with Gasteiger partial charge in [-0.25, -0.2) is 9.18 Å². The Morgan fingerprint density at radius 2 is 2.21 bits per heavy atom. The average Bonchev–Trinajstić information content (AvgIpc) is 2.12. The number of rotatable bonds is 2. The van der Waals surface area contributed by atoms with Crippen LogP contribution < -0.4 is 4.74 Å². The second kappa shape index (κ2) is 3.83. The minimum Gasteiger partial charge on any atom is -0.504 e. The number of methoxy groups -OCH3 is 1. The highest BCUT2D eigenvalue weighted by Gasteiger charge is 2.21. The van der Waals surface area contributed by atoms with E-state index in [-0.39, 0.29) is 4.47 Å². The van der Waals surface area contributed by atoms with Crippen LogP contribution in [0.2, 0.25) is 0 Å². The molecule has 14 heavy (non-hydrogen) atoms. The van der Waals surface area contributed by atoms with E-state index in [2.05, 4.69) is 20.7 Å². The molecule has 0 fully saturated rings. The van der Waals surface area contributed by atoms with Gasteiger partial charge in [0.25, 0.3) is 0 Å². The van der Waals surface area contributed by atoms with E-state index >= 15 is 0 Å². The minimum absolute atomic E-state index is 0.0791. The Balaban J connectivity index is 3.50. The van der Waals surface area contributed by atoms with Crippen LogP contribution in [0, 0.1) is 5.82 Å². The van der Waals surface area contributed by atoms with E-state index in [1.54, 1.807) is 0 Å². The third-order valence-corrected chi connectivity index (χ3v) is 2.16. The lowest BCUT2D eigenvalue weighted by atomic mass is 10.2. The maximum Gasteiger partial charge on any atom is 0.339 e. The summed E-state index contributed by atoms with van der Waals surface area (Å²) in [4.78, 5) is 10.6. The normalized spacial score (nSPS) is 9.93. The van der Waals surface area contributed by atoms with E-state index in [0.29, 0.717) is 0 Å². The maximum absolute atomic E-state index is 13.2. The monoisotopic (exact) mass is 264 g/mol. The number of aromatic hydroxyl groups is 1. The molecule has 0 aromatic heterocycles. The number of ether oxygens (including phenoxy) is 1. The smallest absolute Gasteiger partial charge is 0.339 e. The highest BCUT2D eigenvalue weighted by molar-refractivity contribution is 9.10. The van der Waals surface area contributed by atoms with E-state index in [0.717, 1.165) is 13.2 Å². The van der Waals surface area contributed by atoms with Crippen molar-refractivity contribution in [3.8, 4) is 11.5 Å². The predicted molar refractivity (Wildman–Crippen MR) is 49.3 cm³/mol. The molecular formula is C8H6BrFO4. The molecule has 0 aliphatic heterocycles. The summed E-state index contributed by atoms with van der Waals surface area (Å²) in [5.41, 5.74) is -0.421. The van der Waals surface area contributed by atoms with Crippen molar-refractivity contribution in [2.24, 2.45) is 0 Å². The lowest BCUT2D eigenvalue weighted by molar-refractivity contribution is 0.0692. The fourth-order valence-electron chi connectivity index (χ4n) is 0.942. The highest BCUT2D eigenvalue weighted by Crippen LogP contribution is 2.37. The molecule has 2 N–H and O–H groups in total. The van der Waals surface area contributed by atoms with Crippen LogP contribution in [0.15, 0.2) is 10.5 Å². The first-order chi connectivity index (χ1) is 6.49. The summed E-state index contributed by atoms with van der Waals surface area (Å²) < 4.78 is 17.6. The summed E-state index contributed by atoms with van der Waals surface area (Å²) >= 11 is 2.81. The van der Waals surface area contributed by atoms with Crippen LogP contribution in [-0.4, -0.2) is 23.3 Å². The molecule has 0 atom stereocenters. The van der Waals surface area contributed by atoms with Crippen LogP contribution in [0.3, 0.4) is 0 Å². The summed E-state index contributed by atoms with van der Waals surface area (Å²) in [7, 11) is 1.14. The molecule has 76 valence electrons. The summed E-state index contributed by atoms with van der Waals surface area (Å²) in [6, 6.07) is 0.968. The number of benzene rings is 1.